The highest BCUT2D eigenvalue weighted by Crippen LogP contribution is 2.32. The number of benzene rings is 2. The van der Waals surface area contributed by atoms with Gasteiger partial charge in [-0.2, -0.15) is 5.10 Å². The van der Waals surface area contributed by atoms with Crippen LogP contribution in [0.25, 0.3) is 22.3 Å². The third-order valence-corrected chi connectivity index (χ3v) is 5.76. The molecular weight excluding hydrogens is 421 g/mol. The van der Waals surface area contributed by atoms with Gasteiger partial charge in [-0.3, -0.25) is 4.79 Å². The normalized spacial score (nSPS) is 16.0. The van der Waals surface area contributed by atoms with Crippen LogP contribution in [0.4, 0.5) is 4.39 Å². The maximum atomic E-state index is 13.4. The fourth-order valence-corrected chi connectivity index (χ4v) is 4.18. The highest BCUT2D eigenvalue weighted by molar-refractivity contribution is 5.90. The second-order valence-electron chi connectivity index (χ2n) is 7.92. The van der Waals surface area contributed by atoms with Crippen LogP contribution in [-0.4, -0.2) is 43.6 Å². The van der Waals surface area contributed by atoms with Gasteiger partial charge in [0.05, 0.1) is 11.4 Å². The fraction of sp³-hybridized carbons (Fsp3) is 0.200. The molecule has 4 aromatic rings. The lowest BCUT2D eigenvalue weighted by Gasteiger charge is -2.32. The van der Waals surface area contributed by atoms with E-state index in [2.05, 4.69) is 16.5 Å². The molecule has 0 saturated carbocycles. The highest BCUT2D eigenvalue weighted by Gasteiger charge is 2.27. The molecule has 0 spiro atoms. The minimum Gasteiger partial charge on any atom is -0.457 e. The van der Waals surface area contributed by atoms with Crippen LogP contribution in [0.5, 0.6) is 11.5 Å². The molecule has 0 radical (unpaired) electrons. The molecule has 8 heteroatoms. The minimum absolute atomic E-state index is 0.0179. The van der Waals surface area contributed by atoms with Gasteiger partial charge in [0.2, 0.25) is 5.91 Å². The van der Waals surface area contributed by atoms with Gasteiger partial charge in [-0.1, -0.05) is 12.6 Å². The molecule has 0 unspecified atom stereocenters. The van der Waals surface area contributed by atoms with Gasteiger partial charge in [0.25, 0.3) is 0 Å². The second-order valence-corrected chi connectivity index (χ2v) is 7.92. The van der Waals surface area contributed by atoms with Gasteiger partial charge < -0.3 is 9.64 Å². The Morgan fingerprint density at radius 1 is 1.18 bits per heavy atom. The summed E-state index contributed by atoms with van der Waals surface area (Å²) in [5.41, 5.74) is 2.38. The molecule has 1 saturated heterocycles. The number of ether oxygens (including phenoxy) is 1. The van der Waals surface area contributed by atoms with Crippen LogP contribution in [0.3, 0.4) is 0 Å². The number of carbonyl (C=O) groups excluding carboxylic acids is 1. The fourth-order valence-electron chi connectivity index (χ4n) is 4.18. The van der Waals surface area contributed by atoms with E-state index in [4.69, 9.17) is 9.84 Å². The molecule has 1 aliphatic rings. The van der Waals surface area contributed by atoms with Crippen molar-refractivity contribution in [1.29, 1.82) is 0 Å². The van der Waals surface area contributed by atoms with Gasteiger partial charge in [-0.25, -0.2) is 19.0 Å². The van der Waals surface area contributed by atoms with Crippen LogP contribution in [-0.2, 0) is 4.79 Å². The average molecular weight is 443 g/mol. The van der Waals surface area contributed by atoms with Gasteiger partial charge >= 0.3 is 0 Å². The molecule has 0 N–H and O–H groups in total. The Balaban J connectivity index is 1.45. The lowest BCUT2D eigenvalue weighted by atomic mass is 10.1. The molecular formula is C25H22FN5O2. The number of carbonyl (C=O) groups is 1. The Morgan fingerprint density at radius 3 is 2.82 bits per heavy atom. The molecule has 5 rings (SSSR count). The third kappa shape index (κ3) is 4.19. The van der Waals surface area contributed by atoms with E-state index in [1.807, 2.05) is 28.9 Å². The smallest absolute Gasteiger partial charge is 0.246 e. The van der Waals surface area contributed by atoms with Gasteiger partial charge in [0.1, 0.15) is 29.3 Å². The number of piperidine rings is 1. The summed E-state index contributed by atoms with van der Waals surface area (Å²) in [6.45, 7) is 4.88. The van der Waals surface area contributed by atoms with E-state index in [-0.39, 0.29) is 17.8 Å². The molecule has 1 aliphatic heterocycles. The van der Waals surface area contributed by atoms with Crippen LogP contribution in [0.2, 0.25) is 0 Å². The first-order valence-corrected chi connectivity index (χ1v) is 10.8. The largest absolute Gasteiger partial charge is 0.457 e. The van der Waals surface area contributed by atoms with Crippen molar-refractivity contribution in [2.75, 3.05) is 13.1 Å². The number of halogens is 1. The standard InChI is InChI=1S/C25H22FN5O2/c1-2-23(32)30-12-4-6-19(15-30)31-25-22(14-27-16-28-25)24(29-31)17-8-10-20(11-9-17)33-21-7-3-5-18(26)13-21/h2-3,5,7-11,13-14,16,19H,1,4,6,12,15H2/t19-/m1/s1. The van der Waals surface area contributed by atoms with Gasteiger partial charge in [-0.15, -0.1) is 0 Å². The number of amides is 1. The molecule has 2 aromatic heterocycles. The van der Waals surface area contributed by atoms with Gasteiger partial charge in [0.15, 0.2) is 5.65 Å². The van der Waals surface area contributed by atoms with E-state index in [1.165, 1.54) is 24.5 Å². The first kappa shape index (κ1) is 20.8. The molecule has 1 amide bonds. The summed E-state index contributed by atoms with van der Waals surface area (Å²) in [6.07, 6.45) is 6.41. The van der Waals surface area contributed by atoms with Crippen molar-refractivity contribution in [3.8, 4) is 22.8 Å². The predicted octanol–water partition coefficient (Wildman–Crippen LogP) is 4.77. The summed E-state index contributed by atoms with van der Waals surface area (Å²) in [5, 5.41) is 5.72. The zero-order valence-corrected chi connectivity index (χ0v) is 17.9. The maximum absolute atomic E-state index is 13.4. The maximum Gasteiger partial charge on any atom is 0.246 e. The Morgan fingerprint density at radius 2 is 2.03 bits per heavy atom. The molecule has 1 fully saturated rings. The molecule has 2 aromatic carbocycles. The summed E-state index contributed by atoms with van der Waals surface area (Å²) in [4.78, 5) is 22.6. The van der Waals surface area contributed by atoms with Crippen molar-refractivity contribution in [3.63, 3.8) is 0 Å². The zero-order valence-electron chi connectivity index (χ0n) is 17.9. The highest BCUT2D eigenvalue weighted by atomic mass is 19.1. The Bertz CT molecular complexity index is 1320. The van der Waals surface area contributed by atoms with Crippen LogP contribution < -0.4 is 4.74 Å². The SMILES string of the molecule is C=CC(=O)N1CCC[C@@H](n2nc(-c3ccc(Oc4cccc(F)c4)cc3)c3cncnc32)C1. The first-order chi connectivity index (χ1) is 16.1. The molecule has 3 heterocycles. The Labute approximate surface area is 190 Å². The summed E-state index contributed by atoms with van der Waals surface area (Å²) in [6, 6.07) is 13.5. The van der Waals surface area contributed by atoms with Gasteiger partial charge in [0, 0.05) is 30.9 Å². The monoisotopic (exact) mass is 443 g/mol. The number of aromatic nitrogens is 4. The number of hydrogen-bond donors (Lipinski definition) is 0. The van der Waals surface area contributed by atoms with Crippen molar-refractivity contribution in [2.45, 2.75) is 18.9 Å². The van der Waals surface area contributed by atoms with E-state index in [0.29, 0.717) is 18.0 Å². The quantitative estimate of drug-likeness (QED) is 0.415. The van der Waals surface area contributed by atoms with E-state index < -0.39 is 0 Å². The molecule has 0 aliphatic carbocycles. The number of nitrogens with zero attached hydrogens (tertiary/aromatic N) is 5. The minimum atomic E-state index is -0.350. The number of rotatable bonds is 5. The topological polar surface area (TPSA) is 73.1 Å². The first-order valence-electron chi connectivity index (χ1n) is 10.8. The summed E-state index contributed by atoms with van der Waals surface area (Å²) >= 11 is 0. The predicted molar refractivity (Wildman–Crippen MR) is 122 cm³/mol. The second kappa shape index (κ2) is 8.82. The van der Waals surface area contributed by atoms with Crippen molar-refractivity contribution < 1.29 is 13.9 Å². The summed E-state index contributed by atoms with van der Waals surface area (Å²) in [5.74, 6) is 0.606. The van der Waals surface area contributed by atoms with E-state index in [9.17, 15) is 9.18 Å². The van der Waals surface area contributed by atoms with E-state index in [1.54, 1.807) is 23.2 Å². The van der Waals surface area contributed by atoms with Crippen molar-refractivity contribution >= 4 is 16.9 Å². The summed E-state index contributed by atoms with van der Waals surface area (Å²) in [7, 11) is 0. The number of likely N-dealkylation sites (tertiary alicyclic amines) is 1. The number of fused-ring (bicyclic) bond motifs is 1. The van der Waals surface area contributed by atoms with E-state index in [0.717, 1.165) is 41.7 Å². The molecule has 1 atom stereocenters. The van der Waals surface area contributed by atoms with E-state index >= 15 is 0 Å². The van der Waals surface area contributed by atoms with Crippen LogP contribution in [0, 0.1) is 5.82 Å². The van der Waals surface area contributed by atoms with Crippen molar-refractivity contribution in [2.24, 2.45) is 0 Å². The molecule has 7 nitrogen and oxygen atoms in total. The van der Waals surface area contributed by atoms with Crippen molar-refractivity contribution in [1.82, 2.24) is 24.6 Å². The Kier molecular flexibility index (Phi) is 5.56. The average Bonchev–Trinajstić information content (AvgIpc) is 3.24. The van der Waals surface area contributed by atoms with Gasteiger partial charge in [-0.05, 0) is 55.3 Å². The van der Waals surface area contributed by atoms with Crippen LogP contribution >= 0.6 is 0 Å². The number of hydrogen-bond acceptors (Lipinski definition) is 5. The molecule has 166 valence electrons. The lowest BCUT2D eigenvalue weighted by Crippen LogP contribution is -2.40. The van der Waals surface area contributed by atoms with Crippen molar-refractivity contribution in [3.05, 3.63) is 79.5 Å². The Hall–Kier alpha value is -4.07. The molecule has 0 bridgehead atoms. The van der Waals surface area contributed by atoms with Crippen LogP contribution in [0.1, 0.15) is 18.9 Å². The lowest BCUT2D eigenvalue weighted by molar-refractivity contribution is -0.127. The molecule has 33 heavy (non-hydrogen) atoms. The summed E-state index contributed by atoms with van der Waals surface area (Å²) < 4.78 is 21.1. The third-order valence-electron chi connectivity index (χ3n) is 5.76. The zero-order chi connectivity index (χ0) is 22.8. The van der Waals surface area contributed by atoms with Crippen LogP contribution in [0.15, 0.2) is 73.7 Å².